The summed E-state index contributed by atoms with van der Waals surface area (Å²) in [6, 6.07) is 0. The molecule has 5 aliphatic rings. The second kappa shape index (κ2) is 4.17. The van der Waals surface area contributed by atoms with Crippen molar-refractivity contribution in [2.75, 3.05) is 6.61 Å². The maximum absolute atomic E-state index is 6.51. The molecule has 0 aromatic heterocycles. The van der Waals surface area contributed by atoms with E-state index in [9.17, 15) is 0 Å². The summed E-state index contributed by atoms with van der Waals surface area (Å²) in [6.45, 7) is 3.57. The van der Waals surface area contributed by atoms with Gasteiger partial charge in [-0.3, -0.25) is 0 Å². The fourth-order valence-corrected chi connectivity index (χ4v) is 7.67. The van der Waals surface area contributed by atoms with Gasteiger partial charge in [-0.05, 0) is 89.4 Å². The molecule has 4 aliphatic carbocycles. The number of fused-ring (bicyclic) bond motifs is 2. The van der Waals surface area contributed by atoms with E-state index in [1.54, 1.807) is 9.15 Å². The summed E-state index contributed by atoms with van der Waals surface area (Å²) < 4.78 is 8.15. The summed E-state index contributed by atoms with van der Waals surface area (Å²) in [4.78, 5) is 0. The van der Waals surface area contributed by atoms with E-state index in [0.29, 0.717) is 10.8 Å². The Bertz CT molecular complexity index is 564. The van der Waals surface area contributed by atoms with Gasteiger partial charge in [0.25, 0.3) is 0 Å². The molecule has 1 aliphatic heterocycles. The minimum absolute atomic E-state index is 0.233. The zero-order chi connectivity index (χ0) is 14.3. The molecule has 0 aromatic rings. The molecule has 0 bridgehead atoms. The Balaban J connectivity index is 1.59. The molecule has 1 heterocycles. The van der Waals surface area contributed by atoms with Crippen LogP contribution in [0, 0.1) is 22.7 Å². The van der Waals surface area contributed by atoms with Crippen LogP contribution in [0.4, 0.5) is 0 Å². The van der Waals surface area contributed by atoms with E-state index in [0.717, 1.165) is 18.4 Å². The highest BCUT2D eigenvalue weighted by molar-refractivity contribution is 14.1. The maximum atomic E-state index is 6.51. The van der Waals surface area contributed by atoms with Gasteiger partial charge in [-0.15, -0.1) is 0 Å². The molecule has 3 fully saturated rings. The van der Waals surface area contributed by atoms with E-state index in [-0.39, 0.29) is 5.60 Å². The van der Waals surface area contributed by atoms with Gasteiger partial charge >= 0.3 is 0 Å². The highest BCUT2D eigenvalue weighted by atomic mass is 127. The number of ether oxygens (including phenoxy) is 1. The number of hydrogen-bond donors (Lipinski definition) is 0. The van der Waals surface area contributed by atoms with Gasteiger partial charge in [0.2, 0.25) is 0 Å². The quantitative estimate of drug-likeness (QED) is 0.394. The van der Waals surface area contributed by atoms with Crippen LogP contribution in [-0.2, 0) is 4.74 Å². The highest BCUT2D eigenvalue weighted by Gasteiger charge is 2.71. The zero-order valence-electron chi connectivity index (χ0n) is 13.0. The molecular formula is C19H25IO. The van der Waals surface area contributed by atoms with Crippen molar-refractivity contribution in [3.8, 4) is 0 Å². The third-order valence-electron chi connectivity index (χ3n) is 7.94. The van der Waals surface area contributed by atoms with Crippen LogP contribution in [0.1, 0.15) is 58.3 Å². The first-order valence-corrected chi connectivity index (χ1v) is 9.90. The minimum Gasteiger partial charge on any atom is -0.373 e. The van der Waals surface area contributed by atoms with E-state index in [4.69, 9.17) is 4.74 Å². The molecule has 2 heteroatoms. The van der Waals surface area contributed by atoms with Gasteiger partial charge in [0.1, 0.15) is 0 Å². The smallest absolute Gasteiger partial charge is 0.0829 e. The molecule has 2 spiro atoms. The summed E-state index contributed by atoms with van der Waals surface area (Å²) in [5.74, 6) is 1.66. The SMILES string of the molecule is C[C@]12CC[C@]34OC[C@@]35CCCC=C5CC[C@H]4[C@@H]1CC=C2I. The van der Waals surface area contributed by atoms with Crippen LogP contribution in [-0.4, -0.2) is 12.2 Å². The molecule has 0 radical (unpaired) electrons. The van der Waals surface area contributed by atoms with Crippen molar-refractivity contribution in [1.82, 2.24) is 0 Å². The lowest BCUT2D eigenvalue weighted by atomic mass is 9.42. The monoisotopic (exact) mass is 396 g/mol. The molecule has 21 heavy (non-hydrogen) atoms. The summed E-state index contributed by atoms with van der Waals surface area (Å²) in [5.41, 5.74) is 2.95. The second-order valence-electron chi connectivity index (χ2n) is 8.34. The van der Waals surface area contributed by atoms with Crippen LogP contribution in [0.15, 0.2) is 21.3 Å². The molecule has 0 unspecified atom stereocenters. The van der Waals surface area contributed by atoms with Gasteiger partial charge in [-0.1, -0.05) is 24.6 Å². The van der Waals surface area contributed by atoms with Crippen molar-refractivity contribution in [2.45, 2.75) is 63.9 Å². The third kappa shape index (κ3) is 1.39. The number of halogens is 1. The fraction of sp³-hybridized carbons (Fsp3) is 0.789. The normalized spacial score (nSPS) is 54.4. The average molecular weight is 396 g/mol. The summed E-state index contributed by atoms with van der Waals surface area (Å²) in [7, 11) is 0. The summed E-state index contributed by atoms with van der Waals surface area (Å²) >= 11 is 2.62. The molecule has 0 amide bonds. The van der Waals surface area contributed by atoms with E-state index in [1.165, 1.54) is 51.4 Å². The zero-order valence-corrected chi connectivity index (χ0v) is 15.1. The minimum atomic E-state index is 0.233. The van der Waals surface area contributed by atoms with Crippen molar-refractivity contribution in [2.24, 2.45) is 22.7 Å². The van der Waals surface area contributed by atoms with Crippen LogP contribution in [0.3, 0.4) is 0 Å². The Hall–Kier alpha value is 0.170. The Kier molecular flexibility index (Phi) is 2.70. The van der Waals surface area contributed by atoms with E-state index in [2.05, 4.69) is 41.7 Å². The second-order valence-corrected chi connectivity index (χ2v) is 9.50. The Labute approximate surface area is 141 Å². The van der Waals surface area contributed by atoms with E-state index >= 15 is 0 Å². The van der Waals surface area contributed by atoms with Crippen molar-refractivity contribution in [3.63, 3.8) is 0 Å². The molecule has 5 atom stereocenters. The number of rotatable bonds is 0. The standard InChI is InChI=1S/C19H25IO/c1-17-10-11-19-15(14(17)7-8-16(17)20)6-5-13-4-2-3-9-18(13,19)12-21-19/h4,8,14-15H,2-3,5-7,9-12H2,1H3/t14-,15-,17-,18+,19+/m0/s1. The van der Waals surface area contributed by atoms with E-state index < -0.39 is 0 Å². The lowest BCUT2D eigenvalue weighted by Gasteiger charge is -2.71. The summed E-state index contributed by atoms with van der Waals surface area (Å²) in [6.07, 6.45) is 15.9. The molecule has 1 saturated heterocycles. The van der Waals surface area contributed by atoms with E-state index in [1.807, 2.05) is 0 Å². The molecule has 0 N–H and O–H groups in total. The number of allylic oxidation sites excluding steroid dienone is 3. The summed E-state index contributed by atoms with van der Waals surface area (Å²) in [5, 5.41) is 0. The first-order chi connectivity index (χ1) is 10.1. The topological polar surface area (TPSA) is 9.23 Å². The fourth-order valence-electron chi connectivity index (χ4n) is 6.75. The Morgan fingerprint density at radius 2 is 2.10 bits per heavy atom. The molecule has 5 rings (SSSR count). The number of hydrogen-bond acceptors (Lipinski definition) is 1. The van der Waals surface area contributed by atoms with Crippen LogP contribution >= 0.6 is 22.6 Å². The van der Waals surface area contributed by atoms with Gasteiger partial charge in [-0.25, -0.2) is 0 Å². The van der Waals surface area contributed by atoms with Crippen LogP contribution in [0.25, 0.3) is 0 Å². The van der Waals surface area contributed by atoms with Gasteiger partial charge in [0.15, 0.2) is 0 Å². The average Bonchev–Trinajstić information content (AvgIpc) is 2.79. The molecule has 2 saturated carbocycles. The molecule has 114 valence electrons. The van der Waals surface area contributed by atoms with Crippen molar-refractivity contribution in [1.29, 1.82) is 0 Å². The lowest BCUT2D eigenvalue weighted by Crippen LogP contribution is -2.73. The lowest BCUT2D eigenvalue weighted by molar-refractivity contribution is -0.320. The van der Waals surface area contributed by atoms with Crippen molar-refractivity contribution < 1.29 is 4.74 Å². The molecule has 1 nitrogen and oxygen atoms in total. The highest BCUT2D eigenvalue weighted by Crippen LogP contribution is 2.72. The third-order valence-corrected chi connectivity index (χ3v) is 9.61. The first-order valence-electron chi connectivity index (χ1n) is 8.82. The van der Waals surface area contributed by atoms with Crippen LogP contribution < -0.4 is 0 Å². The van der Waals surface area contributed by atoms with Gasteiger partial charge in [-0.2, -0.15) is 0 Å². The predicted octanol–water partition coefficient (Wildman–Crippen LogP) is 5.40. The van der Waals surface area contributed by atoms with Gasteiger partial charge < -0.3 is 4.74 Å². The van der Waals surface area contributed by atoms with Gasteiger partial charge in [0, 0.05) is 10.8 Å². The van der Waals surface area contributed by atoms with Crippen molar-refractivity contribution >= 4 is 22.6 Å². The van der Waals surface area contributed by atoms with Gasteiger partial charge in [0.05, 0.1) is 12.2 Å². The van der Waals surface area contributed by atoms with Crippen LogP contribution in [0.5, 0.6) is 0 Å². The Morgan fingerprint density at radius 3 is 2.90 bits per heavy atom. The molecular weight excluding hydrogens is 371 g/mol. The predicted molar refractivity (Wildman–Crippen MR) is 93.3 cm³/mol. The first kappa shape index (κ1) is 13.6. The van der Waals surface area contributed by atoms with Crippen molar-refractivity contribution in [3.05, 3.63) is 21.3 Å². The maximum Gasteiger partial charge on any atom is 0.0829 e. The largest absolute Gasteiger partial charge is 0.373 e. The Morgan fingerprint density at radius 1 is 1.19 bits per heavy atom. The molecule has 0 aromatic carbocycles. The van der Waals surface area contributed by atoms with Crippen LogP contribution in [0.2, 0.25) is 0 Å².